The van der Waals surface area contributed by atoms with Crippen molar-refractivity contribution >= 4 is 6.03 Å². The number of urea groups is 1. The van der Waals surface area contributed by atoms with Crippen LogP contribution in [0.4, 0.5) is 4.79 Å². The maximum absolute atomic E-state index is 11.8. The van der Waals surface area contributed by atoms with E-state index in [0.29, 0.717) is 13.1 Å². The first kappa shape index (κ1) is 9.77. The molecule has 0 aromatic rings. The van der Waals surface area contributed by atoms with Gasteiger partial charge in [0.05, 0.1) is 19.2 Å². The Morgan fingerprint density at radius 2 is 2.00 bits per heavy atom. The van der Waals surface area contributed by atoms with Crippen LogP contribution in [0, 0.1) is 5.41 Å². The zero-order valence-corrected chi connectivity index (χ0v) is 8.86. The lowest BCUT2D eigenvalue weighted by atomic mass is 9.93. The molecule has 0 atom stereocenters. The van der Waals surface area contributed by atoms with Crippen LogP contribution in [0.15, 0.2) is 0 Å². The highest BCUT2D eigenvalue weighted by Gasteiger charge is 2.37. The van der Waals surface area contributed by atoms with Gasteiger partial charge in [-0.1, -0.05) is 13.8 Å². The highest BCUT2D eigenvalue weighted by Crippen LogP contribution is 2.29. The Morgan fingerprint density at radius 1 is 1.36 bits per heavy atom. The zero-order chi connectivity index (χ0) is 10.3. The van der Waals surface area contributed by atoms with Crippen LogP contribution in [0.5, 0.6) is 0 Å². The molecule has 0 aliphatic carbocycles. The third-order valence-electron chi connectivity index (χ3n) is 3.08. The topological polar surface area (TPSA) is 43.8 Å². The van der Waals surface area contributed by atoms with Gasteiger partial charge < -0.3 is 14.9 Å². The molecule has 2 amide bonds. The van der Waals surface area contributed by atoms with Gasteiger partial charge in [0.25, 0.3) is 0 Å². The molecule has 14 heavy (non-hydrogen) atoms. The summed E-state index contributed by atoms with van der Waals surface area (Å²) in [6.07, 6.45) is 0.782. The quantitative estimate of drug-likeness (QED) is 0.616. The number of rotatable bonds is 0. The van der Waals surface area contributed by atoms with E-state index in [9.17, 15) is 4.79 Å². The number of β-amino-alcohol motifs (C(OH)–C–C–N with tert-alkyl or cyclic N) is 1. The molecule has 4 nitrogen and oxygen atoms in total. The van der Waals surface area contributed by atoms with Gasteiger partial charge in [-0.2, -0.15) is 0 Å². The Balaban J connectivity index is 1.88. The molecule has 80 valence electrons. The van der Waals surface area contributed by atoms with Crippen molar-refractivity contribution in [3.8, 4) is 0 Å². The van der Waals surface area contributed by atoms with E-state index in [1.165, 1.54) is 0 Å². The SMILES string of the molecule is CC1(C)CCN(C(=O)N2CC(O)C2)C1. The van der Waals surface area contributed by atoms with Crippen molar-refractivity contribution in [2.75, 3.05) is 26.2 Å². The summed E-state index contributed by atoms with van der Waals surface area (Å²) < 4.78 is 0. The minimum absolute atomic E-state index is 0.0980. The average molecular weight is 198 g/mol. The third kappa shape index (κ3) is 1.71. The van der Waals surface area contributed by atoms with Crippen LogP contribution in [0.2, 0.25) is 0 Å². The average Bonchev–Trinajstić information content (AvgIpc) is 2.39. The fourth-order valence-electron chi connectivity index (χ4n) is 2.09. The van der Waals surface area contributed by atoms with E-state index in [1.54, 1.807) is 4.90 Å². The third-order valence-corrected chi connectivity index (χ3v) is 3.08. The number of likely N-dealkylation sites (tertiary alicyclic amines) is 2. The minimum atomic E-state index is -0.297. The summed E-state index contributed by atoms with van der Waals surface area (Å²) in [5.41, 5.74) is 0.263. The van der Waals surface area contributed by atoms with Crippen molar-refractivity contribution in [2.24, 2.45) is 5.41 Å². The number of carbonyl (C=O) groups is 1. The second-order valence-electron chi connectivity index (χ2n) is 5.18. The van der Waals surface area contributed by atoms with E-state index in [0.717, 1.165) is 19.5 Å². The number of amides is 2. The van der Waals surface area contributed by atoms with Gasteiger partial charge in [0.1, 0.15) is 0 Å². The standard InChI is InChI=1S/C10H18N2O2/c1-10(2)3-4-11(7-10)9(14)12-5-8(13)6-12/h8,13H,3-7H2,1-2H3. The number of hydrogen-bond donors (Lipinski definition) is 1. The van der Waals surface area contributed by atoms with E-state index in [1.807, 2.05) is 4.90 Å². The highest BCUT2D eigenvalue weighted by atomic mass is 16.3. The monoisotopic (exact) mass is 198 g/mol. The molecule has 2 aliphatic rings. The van der Waals surface area contributed by atoms with Crippen molar-refractivity contribution in [3.05, 3.63) is 0 Å². The van der Waals surface area contributed by atoms with Gasteiger partial charge in [0.2, 0.25) is 0 Å². The molecule has 1 N–H and O–H groups in total. The fourth-order valence-corrected chi connectivity index (χ4v) is 2.09. The van der Waals surface area contributed by atoms with Crippen LogP contribution in [0.3, 0.4) is 0 Å². The molecule has 2 rings (SSSR count). The number of carbonyl (C=O) groups excluding carboxylic acids is 1. The second kappa shape index (κ2) is 3.12. The first-order chi connectivity index (χ1) is 6.48. The summed E-state index contributed by atoms with van der Waals surface area (Å²) in [5, 5.41) is 9.10. The predicted molar refractivity (Wildman–Crippen MR) is 52.9 cm³/mol. The van der Waals surface area contributed by atoms with Gasteiger partial charge in [-0.15, -0.1) is 0 Å². The summed E-state index contributed by atoms with van der Waals surface area (Å²) in [4.78, 5) is 15.4. The maximum atomic E-state index is 11.8. The number of aliphatic hydroxyl groups is 1. The Labute approximate surface area is 84.5 Å². The molecule has 0 radical (unpaired) electrons. The molecule has 2 saturated heterocycles. The summed E-state index contributed by atoms with van der Waals surface area (Å²) in [6, 6.07) is 0.0980. The first-order valence-corrected chi connectivity index (χ1v) is 5.20. The zero-order valence-electron chi connectivity index (χ0n) is 8.86. The summed E-state index contributed by atoms with van der Waals surface area (Å²) >= 11 is 0. The normalized spacial score (nSPS) is 26.5. The molecule has 4 heteroatoms. The molecule has 0 bridgehead atoms. The summed E-state index contributed by atoms with van der Waals surface area (Å²) in [7, 11) is 0. The Kier molecular flexibility index (Phi) is 2.18. The molecule has 2 fully saturated rings. The molecular weight excluding hydrogens is 180 g/mol. The lowest BCUT2D eigenvalue weighted by Gasteiger charge is -2.38. The Morgan fingerprint density at radius 3 is 2.43 bits per heavy atom. The van der Waals surface area contributed by atoms with Crippen molar-refractivity contribution in [1.29, 1.82) is 0 Å². The van der Waals surface area contributed by atoms with Crippen LogP contribution in [0.1, 0.15) is 20.3 Å². The lowest BCUT2D eigenvalue weighted by molar-refractivity contribution is 0.0163. The molecule has 2 heterocycles. The van der Waals surface area contributed by atoms with Gasteiger partial charge in [-0.25, -0.2) is 4.79 Å². The summed E-state index contributed by atoms with van der Waals surface area (Å²) in [6.45, 7) is 7.10. The smallest absolute Gasteiger partial charge is 0.320 e. The molecule has 0 aromatic heterocycles. The molecule has 0 unspecified atom stereocenters. The number of aliphatic hydroxyl groups excluding tert-OH is 1. The van der Waals surface area contributed by atoms with Crippen LogP contribution < -0.4 is 0 Å². The maximum Gasteiger partial charge on any atom is 0.320 e. The van der Waals surface area contributed by atoms with Crippen molar-refractivity contribution in [2.45, 2.75) is 26.4 Å². The number of hydrogen-bond acceptors (Lipinski definition) is 2. The second-order valence-corrected chi connectivity index (χ2v) is 5.18. The van der Waals surface area contributed by atoms with Gasteiger partial charge >= 0.3 is 6.03 Å². The van der Waals surface area contributed by atoms with Crippen molar-refractivity contribution < 1.29 is 9.90 Å². The van der Waals surface area contributed by atoms with Gasteiger partial charge in [-0.3, -0.25) is 0 Å². The molecular formula is C10H18N2O2. The predicted octanol–water partition coefficient (Wildman–Crippen LogP) is 0.515. The van der Waals surface area contributed by atoms with Gasteiger partial charge in [-0.05, 0) is 11.8 Å². The van der Waals surface area contributed by atoms with E-state index in [-0.39, 0.29) is 17.6 Å². The van der Waals surface area contributed by atoms with Crippen LogP contribution >= 0.6 is 0 Å². The molecule has 0 spiro atoms. The lowest BCUT2D eigenvalue weighted by Crippen LogP contribution is -2.57. The van der Waals surface area contributed by atoms with E-state index < -0.39 is 0 Å². The van der Waals surface area contributed by atoms with Crippen molar-refractivity contribution in [1.82, 2.24) is 9.80 Å². The van der Waals surface area contributed by atoms with Crippen LogP contribution in [-0.2, 0) is 0 Å². The van der Waals surface area contributed by atoms with E-state index in [2.05, 4.69) is 13.8 Å². The highest BCUT2D eigenvalue weighted by molar-refractivity contribution is 5.75. The van der Waals surface area contributed by atoms with Gasteiger partial charge in [0, 0.05) is 13.1 Å². The Hall–Kier alpha value is -0.770. The van der Waals surface area contributed by atoms with Crippen molar-refractivity contribution in [3.63, 3.8) is 0 Å². The minimum Gasteiger partial charge on any atom is -0.389 e. The Bertz CT molecular complexity index is 247. The molecule has 0 aromatic carbocycles. The largest absolute Gasteiger partial charge is 0.389 e. The molecule has 2 aliphatic heterocycles. The van der Waals surface area contributed by atoms with Crippen LogP contribution in [0.25, 0.3) is 0 Å². The molecule has 0 saturated carbocycles. The van der Waals surface area contributed by atoms with Gasteiger partial charge in [0.15, 0.2) is 0 Å². The van der Waals surface area contributed by atoms with Crippen LogP contribution in [-0.4, -0.2) is 53.2 Å². The summed E-state index contributed by atoms with van der Waals surface area (Å²) in [5.74, 6) is 0. The number of nitrogens with zero attached hydrogens (tertiary/aromatic N) is 2. The van der Waals surface area contributed by atoms with E-state index in [4.69, 9.17) is 5.11 Å². The fraction of sp³-hybridized carbons (Fsp3) is 0.900. The van der Waals surface area contributed by atoms with E-state index >= 15 is 0 Å². The first-order valence-electron chi connectivity index (χ1n) is 5.20.